The van der Waals surface area contributed by atoms with Gasteiger partial charge in [-0.15, -0.1) is 21.5 Å². The van der Waals surface area contributed by atoms with Crippen molar-refractivity contribution in [1.29, 1.82) is 0 Å². The second kappa shape index (κ2) is 12.6. The zero-order valence-electron chi connectivity index (χ0n) is 21.2. The Morgan fingerprint density at radius 3 is 2.56 bits per heavy atom. The number of benzene rings is 4. The Hall–Kier alpha value is -3.48. The lowest BCUT2D eigenvalue weighted by molar-refractivity contribution is -0.113. The number of nitrogens with one attached hydrogen (secondary N) is 2. The molecule has 4 aromatic carbocycles. The highest BCUT2D eigenvalue weighted by atomic mass is 35.5. The lowest BCUT2D eigenvalue weighted by atomic mass is 10.1. The van der Waals surface area contributed by atoms with E-state index < -0.39 is 0 Å². The van der Waals surface area contributed by atoms with Crippen molar-refractivity contribution < 1.29 is 9.59 Å². The van der Waals surface area contributed by atoms with Crippen molar-refractivity contribution >= 4 is 101 Å². The van der Waals surface area contributed by atoms with Crippen molar-refractivity contribution in [3.8, 4) is 0 Å². The molecule has 12 heteroatoms. The largest absolute Gasteiger partial charge is 0.322 e. The van der Waals surface area contributed by atoms with Crippen LogP contribution in [0.5, 0.6) is 0 Å². The minimum absolute atomic E-state index is 0.177. The standard InChI is InChI=1S/C29H20ClN5O2S4/c30-22-11-4-3-10-21(22)26(37)31-19-12-13-23-24(14-19)40-28(32-23)39-16-25(36)33-27-34-35-29(41-27)38-15-18-8-5-7-17-6-1-2-9-20(17)18/h1-14H,15-16H2,(H,31,37)(H,33,34,36). The normalized spacial score (nSPS) is 11.1. The van der Waals surface area contributed by atoms with E-state index in [2.05, 4.69) is 56.1 Å². The van der Waals surface area contributed by atoms with Gasteiger partial charge in [0.15, 0.2) is 8.68 Å². The Bertz CT molecular complexity index is 1880. The summed E-state index contributed by atoms with van der Waals surface area (Å²) in [5.41, 5.74) is 3.08. The van der Waals surface area contributed by atoms with Crippen molar-refractivity contribution in [2.45, 2.75) is 14.4 Å². The van der Waals surface area contributed by atoms with E-state index in [-0.39, 0.29) is 17.6 Å². The van der Waals surface area contributed by atoms with Crippen LogP contribution in [0.1, 0.15) is 15.9 Å². The van der Waals surface area contributed by atoms with Gasteiger partial charge in [0.1, 0.15) is 0 Å². The summed E-state index contributed by atoms with van der Waals surface area (Å²) in [6.07, 6.45) is 0. The number of hydrogen-bond acceptors (Lipinski definition) is 9. The van der Waals surface area contributed by atoms with E-state index in [0.29, 0.717) is 21.4 Å². The Labute approximate surface area is 256 Å². The van der Waals surface area contributed by atoms with Gasteiger partial charge >= 0.3 is 0 Å². The predicted octanol–water partition coefficient (Wildman–Crippen LogP) is 8.23. The first-order valence-electron chi connectivity index (χ1n) is 12.3. The van der Waals surface area contributed by atoms with Crippen LogP contribution in [-0.2, 0) is 10.5 Å². The Morgan fingerprint density at radius 1 is 0.829 bits per heavy atom. The van der Waals surface area contributed by atoms with Crippen LogP contribution in [0.3, 0.4) is 0 Å². The summed E-state index contributed by atoms with van der Waals surface area (Å²) in [7, 11) is 0. The van der Waals surface area contributed by atoms with Crippen LogP contribution in [0.2, 0.25) is 5.02 Å². The van der Waals surface area contributed by atoms with Crippen LogP contribution in [-0.4, -0.2) is 32.7 Å². The lowest BCUT2D eigenvalue weighted by Crippen LogP contribution is -2.13. The quantitative estimate of drug-likeness (QED) is 0.122. The summed E-state index contributed by atoms with van der Waals surface area (Å²) in [4.78, 5) is 29.8. The van der Waals surface area contributed by atoms with Crippen LogP contribution in [0.25, 0.3) is 21.0 Å². The molecule has 2 amide bonds. The van der Waals surface area contributed by atoms with Gasteiger partial charge in [-0.2, -0.15) is 0 Å². The maximum Gasteiger partial charge on any atom is 0.257 e. The molecule has 0 radical (unpaired) electrons. The van der Waals surface area contributed by atoms with E-state index >= 15 is 0 Å². The molecule has 0 fully saturated rings. The molecule has 6 aromatic rings. The van der Waals surface area contributed by atoms with Gasteiger partial charge in [0, 0.05) is 11.4 Å². The first kappa shape index (κ1) is 27.7. The van der Waals surface area contributed by atoms with E-state index in [1.807, 2.05) is 24.3 Å². The van der Waals surface area contributed by atoms with Gasteiger partial charge < -0.3 is 5.32 Å². The van der Waals surface area contributed by atoms with Crippen LogP contribution < -0.4 is 10.6 Å². The summed E-state index contributed by atoms with van der Waals surface area (Å²) >= 11 is 11.9. The first-order valence-corrected chi connectivity index (χ1v) is 16.3. The molecule has 0 bridgehead atoms. The van der Waals surface area contributed by atoms with Crippen molar-refractivity contribution in [3.63, 3.8) is 0 Å². The lowest BCUT2D eigenvalue weighted by Gasteiger charge is -2.06. The summed E-state index contributed by atoms with van der Waals surface area (Å²) in [6.45, 7) is 0. The maximum atomic E-state index is 12.6. The molecule has 6 rings (SSSR count). The predicted molar refractivity (Wildman–Crippen MR) is 172 cm³/mol. The molecule has 2 aromatic heterocycles. The number of fused-ring (bicyclic) bond motifs is 2. The average molecular weight is 634 g/mol. The average Bonchev–Trinajstić information content (AvgIpc) is 3.61. The molecule has 0 aliphatic rings. The number of hydrogen-bond donors (Lipinski definition) is 2. The monoisotopic (exact) mass is 633 g/mol. The topological polar surface area (TPSA) is 96.9 Å². The molecule has 7 nitrogen and oxygen atoms in total. The van der Waals surface area contributed by atoms with E-state index in [1.165, 1.54) is 50.8 Å². The molecule has 0 unspecified atom stereocenters. The molecule has 2 heterocycles. The van der Waals surface area contributed by atoms with Gasteiger partial charge in [-0.1, -0.05) is 101 Å². The zero-order chi connectivity index (χ0) is 28.2. The highest BCUT2D eigenvalue weighted by Gasteiger charge is 2.14. The van der Waals surface area contributed by atoms with Gasteiger partial charge in [0.25, 0.3) is 5.91 Å². The Morgan fingerprint density at radius 2 is 1.66 bits per heavy atom. The Balaban J connectivity index is 1.02. The smallest absolute Gasteiger partial charge is 0.257 e. The zero-order valence-corrected chi connectivity index (χ0v) is 25.2. The number of anilines is 2. The van der Waals surface area contributed by atoms with Gasteiger partial charge in [0.2, 0.25) is 11.0 Å². The second-order valence-corrected chi connectivity index (χ2v) is 13.6. The Kier molecular flexibility index (Phi) is 8.49. The third-order valence-corrected chi connectivity index (χ3v) is 10.5. The van der Waals surface area contributed by atoms with E-state index in [1.54, 1.807) is 42.1 Å². The highest BCUT2D eigenvalue weighted by Crippen LogP contribution is 2.33. The fourth-order valence-corrected chi connectivity index (χ4v) is 7.95. The van der Waals surface area contributed by atoms with Crippen LogP contribution >= 0.6 is 57.8 Å². The number of thiazole rings is 1. The molecular weight excluding hydrogens is 614 g/mol. The first-order chi connectivity index (χ1) is 20.0. The highest BCUT2D eigenvalue weighted by molar-refractivity contribution is 8.01. The van der Waals surface area contributed by atoms with E-state index in [0.717, 1.165) is 24.6 Å². The minimum atomic E-state index is -0.280. The third kappa shape index (κ3) is 6.71. The molecule has 2 N–H and O–H groups in total. The number of aromatic nitrogens is 3. The van der Waals surface area contributed by atoms with Gasteiger partial charge in [-0.25, -0.2) is 4.98 Å². The van der Waals surface area contributed by atoms with Crippen molar-refractivity contribution in [2.24, 2.45) is 0 Å². The molecular formula is C29H20ClN5O2S4. The van der Waals surface area contributed by atoms with Crippen molar-refractivity contribution in [3.05, 3.63) is 101 Å². The number of nitrogens with zero attached hydrogens (tertiary/aromatic N) is 3. The molecule has 204 valence electrons. The third-order valence-electron chi connectivity index (χ3n) is 5.96. The van der Waals surface area contributed by atoms with Gasteiger partial charge in [0.05, 0.1) is 26.6 Å². The molecule has 0 aliphatic carbocycles. The van der Waals surface area contributed by atoms with Crippen molar-refractivity contribution in [1.82, 2.24) is 15.2 Å². The molecule has 41 heavy (non-hydrogen) atoms. The van der Waals surface area contributed by atoms with Crippen LogP contribution in [0.4, 0.5) is 10.8 Å². The number of carbonyl (C=O) groups excluding carboxylic acids is 2. The van der Waals surface area contributed by atoms with Gasteiger partial charge in [-0.05, 0) is 46.7 Å². The molecule has 0 aliphatic heterocycles. The molecule has 0 spiro atoms. The number of halogens is 1. The summed E-state index contributed by atoms with van der Waals surface area (Å²) in [5.74, 6) is 0.498. The minimum Gasteiger partial charge on any atom is -0.322 e. The van der Waals surface area contributed by atoms with E-state index in [4.69, 9.17) is 11.6 Å². The summed E-state index contributed by atoms with van der Waals surface area (Å²) < 4.78 is 2.46. The SMILES string of the molecule is O=C(CSc1nc2ccc(NC(=O)c3ccccc3Cl)cc2s1)Nc1nnc(SCc2cccc3ccccc23)s1. The van der Waals surface area contributed by atoms with E-state index in [9.17, 15) is 9.59 Å². The summed E-state index contributed by atoms with van der Waals surface area (Å²) in [6, 6.07) is 27.0. The molecule has 0 atom stereocenters. The summed E-state index contributed by atoms with van der Waals surface area (Å²) in [5, 5.41) is 17.4. The fraction of sp³-hybridized carbons (Fsp3) is 0.0690. The molecule has 0 saturated carbocycles. The number of amides is 2. The maximum absolute atomic E-state index is 12.6. The second-order valence-electron chi connectivity index (χ2n) is 8.73. The number of thioether (sulfide) groups is 2. The van der Waals surface area contributed by atoms with Crippen LogP contribution in [0, 0.1) is 0 Å². The number of rotatable bonds is 9. The van der Waals surface area contributed by atoms with Crippen molar-refractivity contribution in [2.75, 3.05) is 16.4 Å². The fourth-order valence-electron chi connectivity index (χ4n) is 4.05. The number of carbonyl (C=O) groups is 2. The van der Waals surface area contributed by atoms with Gasteiger partial charge in [-0.3, -0.25) is 14.9 Å². The molecule has 0 saturated heterocycles. The van der Waals surface area contributed by atoms with Crippen LogP contribution in [0.15, 0.2) is 93.6 Å².